The van der Waals surface area contributed by atoms with Crippen molar-refractivity contribution in [3.05, 3.63) is 28.2 Å². The third-order valence-electron chi connectivity index (χ3n) is 2.81. The molecule has 0 atom stereocenters. The number of quaternary nitrogens is 1. The third-order valence-corrected chi connectivity index (χ3v) is 3.61. The monoisotopic (exact) mass is 306 g/mol. The summed E-state index contributed by atoms with van der Waals surface area (Å²) in [5, 5.41) is 11.8. The Bertz CT molecular complexity index is 361. The van der Waals surface area contributed by atoms with E-state index in [2.05, 4.69) is 5.32 Å². The molecule has 1 aromatic carbocycles. The van der Waals surface area contributed by atoms with E-state index in [1.54, 1.807) is 6.07 Å². The molecule has 0 saturated heterocycles. The lowest BCUT2D eigenvalue weighted by molar-refractivity contribution is -0.656. The molecule has 3 N–H and O–H groups in total. The van der Waals surface area contributed by atoms with Crippen molar-refractivity contribution in [2.24, 2.45) is 0 Å². The number of halogens is 2. The summed E-state index contributed by atoms with van der Waals surface area (Å²) in [4.78, 5) is 0. The number of unbranched alkanes of at least 4 members (excludes halogenated alkanes) is 3. The molecule has 0 spiro atoms. The van der Waals surface area contributed by atoms with Crippen LogP contribution < -0.4 is 10.1 Å². The zero-order chi connectivity index (χ0) is 13.9. The predicted octanol–water partition coefficient (Wildman–Crippen LogP) is 2.49. The second-order valence-electron chi connectivity index (χ2n) is 4.40. The minimum atomic E-state index is 0.258. The Morgan fingerprint density at radius 1 is 1.05 bits per heavy atom. The van der Waals surface area contributed by atoms with E-state index in [1.165, 1.54) is 12.8 Å². The Hall–Kier alpha value is -0.480. The Morgan fingerprint density at radius 2 is 1.84 bits per heavy atom. The maximum Gasteiger partial charge on any atom is 0.139 e. The van der Waals surface area contributed by atoms with Gasteiger partial charge in [-0.15, -0.1) is 0 Å². The lowest BCUT2D eigenvalue weighted by Crippen LogP contribution is -2.85. The van der Waals surface area contributed by atoms with Crippen molar-refractivity contribution in [1.29, 1.82) is 0 Å². The Balaban J connectivity index is 2.03. The molecule has 1 aromatic rings. The number of ether oxygens (including phenoxy) is 1. The van der Waals surface area contributed by atoms with E-state index in [9.17, 15) is 0 Å². The fourth-order valence-electron chi connectivity index (χ4n) is 1.76. The third kappa shape index (κ3) is 7.02. The van der Waals surface area contributed by atoms with Crippen LogP contribution in [0.4, 0.5) is 0 Å². The molecular weight excluding hydrogens is 285 g/mol. The van der Waals surface area contributed by atoms with Crippen LogP contribution in [0.15, 0.2) is 18.2 Å². The quantitative estimate of drug-likeness (QED) is 0.652. The van der Waals surface area contributed by atoms with Crippen LogP contribution in [0.2, 0.25) is 10.0 Å². The number of hydrogen-bond acceptors (Lipinski definition) is 2. The van der Waals surface area contributed by atoms with Crippen molar-refractivity contribution in [2.75, 3.05) is 26.3 Å². The van der Waals surface area contributed by atoms with Crippen LogP contribution in [-0.2, 0) is 0 Å². The van der Waals surface area contributed by atoms with Crippen molar-refractivity contribution in [3.8, 4) is 5.75 Å². The van der Waals surface area contributed by atoms with Crippen LogP contribution >= 0.6 is 23.2 Å². The second kappa shape index (κ2) is 10.3. The van der Waals surface area contributed by atoms with Gasteiger partial charge in [0, 0.05) is 0 Å². The first-order valence-corrected chi connectivity index (χ1v) is 7.50. The molecule has 0 fully saturated rings. The fraction of sp³-hybridized carbons (Fsp3) is 0.571. The summed E-state index contributed by atoms with van der Waals surface area (Å²) >= 11 is 11.9. The summed E-state index contributed by atoms with van der Waals surface area (Å²) in [7, 11) is 0. The SMILES string of the molecule is OCC[NH2+]CCCCCCOc1cccc(Cl)c1Cl. The lowest BCUT2D eigenvalue weighted by Gasteiger charge is -2.08. The molecule has 0 unspecified atom stereocenters. The lowest BCUT2D eigenvalue weighted by atomic mass is 10.2. The maximum atomic E-state index is 8.62. The number of aliphatic hydroxyl groups excluding tert-OH is 1. The van der Waals surface area contributed by atoms with Crippen molar-refractivity contribution in [2.45, 2.75) is 25.7 Å². The number of nitrogens with two attached hydrogens (primary N) is 1. The minimum Gasteiger partial charge on any atom is -0.492 e. The van der Waals surface area contributed by atoms with Gasteiger partial charge in [-0.3, -0.25) is 0 Å². The molecule has 0 radical (unpaired) electrons. The smallest absolute Gasteiger partial charge is 0.139 e. The van der Waals surface area contributed by atoms with Crippen molar-refractivity contribution >= 4 is 23.2 Å². The molecule has 0 saturated carbocycles. The van der Waals surface area contributed by atoms with Gasteiger partial charge >= 0.3 is 0 Å². The Morgan fingerprint density at radius 3 is 2.63 bits per heavy atom. The highest BCUT2D eigenvalue weighted by molar-refractivity contribution is 6.42. The van der Waals surface area contributed by atoms with Crippen molar-refractivity contribution in [3.63, 3.8) is 0 Å². The molecular formula is C14H22Cl2NO2+. The standard InChI is InChI=1S/C14H21Cl2NO2/c15-12-6-5-7-13(14(12)16)19-11-4-2-1-3-8-17-9-10-18/h5-7,17-18H,1-4,8-11H2/p+1. The van der Waals surface area contributed by atoms with Crippen molar-refractivity contribution in [1.82, 2.24) is 0 Å². The maximum absolute atomic E-state index is 8.62. The van der Waals surface area contributed by atoms with Gasteiger partial charge in [-0.05, 0) is 37.8 Å². The number of rotatable bonds is 10. The van der Waals surface area contributed by atoms with Crippen LogP contribution in [0.25, 0.3) is 0 Å². The van der Waals surface area contributed by atoms with Gasteiger partial charge in [0.15, 0.2) is 0 Å². The topological polar surface area (TPSA) is 46.1 Å². The highest BCUT2D eigenvalue weighted by Crippen LogP contribution is 2.31. The molecule has 0 aliphatic carbocycles. The van der Waals surface area contributed by atoms with Gasteiger partial charge in [-0.25, -0.2) is 0 Å². The molecule has 0 amide bonds. The van der Waals surface area contributed by atoms with Gasteiger partial charge in [-0.1, -0.05) is 29.3 Å². The van der Waals surface area contributed by atoms with E-state index < -0.39 is 0 Å². The van der Waals surface area contributed by atoms with Gasteiger partial charge in [0.1, 0.15) is 10.8 Å². The average molecular weight is 307 g/mol. The first kappa shape index (κ1) is 16.6. The first-order valence-electron chi connectivity index (χ1n) is 6.75. The number of hydrogen-bond donors (Lipinski definition) is 2. The fourth-order valence-corrected chi connectivity index (χ4v) is 2.10. The van der Waals surface area contributed by atoms with E-state index in [-0.39, 0.29) is 6.61 Å². The summed E-state index contributed by atoms with van der Waals surface area (Å²) in [6.45, 7) is 2.81. The zero-order valence-corrected chi connectivity index (χ0v) is 12.6. The highest BCUT2D eigenvalue weighted by Gasteiger charge is 2.04. The van der Waals surface area contributed by atoms with Crippen LogP contribution in [0.5, 0.6) is 5.75 Å². The van der Waals surface area contributed by atoms with Gasteiger partial charge < -0.3 is 15.2 Å². The molecule has 3 nitrogen and oxygen atoms in total. The van der Waals surface area contributed by atoms with Gasteiger partial charge in [-0.2, -0.15) is 0 Å². The summed E-state index contributed by atoms with van der Waals surface area (Å²) in [6.07, 6.45) is 4.53. The number of benzene rings is 1. The van der Waals surface area contributed by atoms with E-state index in [0.29, 0.717) is 22.4 Å². The van der Waals surface area contributed by atoms with Crippen molar-refractivity contribution < 1.29 is 15.2 Å². The van der Waals surface area contributed by atoms with E-state index in [4.69, 9.17) is 33.0 Å². The number of aliphatic hydroxyl groups is 1. The summed E-state index contributed by atoms with van der Waals surface area (Å²) in [5.41, 5.74) is 0. The van der Waals surface area contributed by atoms with Gasteiger partial charge in [0.05, 0.1) is 31.3 Å². The predicted molar refractivity (Wildman–Crippen MR) is 79.2 cm³/mol. The van der Waals surface area contributed by atoms with Gasteiger partial charge in [0.25, 0.3) is 0 Å². The largest absolute Gasteiger partial charge is 0.492 e. The van der Waals surface area contributed by atoms with Crippen LogP contribution in [0.3, 0.4) is 0 Å². The van der Waals surface area contributed by atoms with E-state index in [1.807, 2.05) is 12.1 Å². The normalized spacial score (nSPS) is 10.7. The van der Waals surface area contributed by atoms with Crippen LogP contribution in [-0.4, -0.2) is 31.4 Å². The van der Waals surface area contributed by atoms with E-state index in [0.717, 1.165) is 25.9 Å². The van der Waals surface area contributed by atoms with E-state index >= 15 is 0 Å². The van der Waals surface area contributed by atoms with Crippen LogP contribution in [0, 0.1) is 0 Å². The summed E-state index contributed by atoms with van der Waals surface area (Å²) in [5.74, 6) is 0.658. The van der Waals surface area contributed by atoms with Crippen LogP contribution in [0.1, 0.15) is 25.7 Å². The molecule has 0 aliphatic rings. The average Bonchev–Trinajstić information content (AvgIpc) is 2.41. The summed E-state index contributed by atoms with van der Waals surface area (Å²) < 4.78 is 5.61. The minimum absolute atomic E-state index is 0.258. The molecule has 0 aromatic heterocycles. The Kier molecular flexibility index (Phi) is 9.01. The first-order chi connectivity index (χ1) is 9.25. The molecule has 0 bridgehead atoms. The molecule has 0 heterocycles. The molecule has 1 rings (SSSR count). The van der Waals surface area contributed by atoms with Gasteiger partial charge in [0.2, 0.25) is 0 Å². The molecule has 5 heteroatoms. The molecule has 19 heavy (non-hydrogen) atoms. The zero-order valence-electron chi connectivity index (χ0n) is 11.1. The second-order valence-corrected chi connectivity index (χ2v) is 5.19. The molecule has 108 valence electrons. The molecule has 0 aliphatic heterocycles. The highest BCUT2D eigenvalue weighted by atomic mass is 35.5. The Labute approximate surface area is 124 Å². The summed E-state index contributed by atoms with van der Waals surface area (Å²) in [6, 6.07) is 5.41.